The second-order valence-electron chi connectivity index (χ2n) is 5.27. The highest BCUT2D eigenvalue weighted by Crippen LogP contribution is 2.29. The molecule has 1 unspecified atom stereocenters. The molecular weight excluding hydrogens is 214 g/mol. The van der Waals surface area contributed by atoms with Crippen molar-refractivity contribution in [2.24, 2.45) is 11.8 Å². The van der Waals surface area contributed by atoms with E-state index in [1.807, 2.05) is 6.92 Å². The maximum atomic E-state index is 9.60. The van der Waals surface area contributed by atoms with E-state index in [0.29, 0.717) is 19.8 Å². The summed E-state index contributed by atoms with van der Waals surface area (Å²) in [5.41, 5.74) is 0. The van der Waals surface area contributed by atoms with Gasteiger partial charge in [-0.15, -0.1) is 0 Å². The lowest BCUT2D eigenvalue weighted by atomic mass is 9.81. The van der Waals surface area contributed by atoms with E-state index in [0.717, 1.165) is 18.4 Å². The van der Waals surface area contributed by atoms with Crippen LogP contribution in [0.4, 0.5) is 0 Å². The molecule has 0 saturated heterocycles. The molecule has 1 aliphatic rings. The number of hydrogen-bond acceptors (Lipinski definition) is 3. The topological polar surface area (TPSA) is 41.5 Å². The van der Waals surface area contributed by atoms with E-state index in [2.05, 4.69) is 12.2 Å². The van der Waals surface area contributed by atoms with Gasteiger partial charge in [0.1, 0.15) is 0 Å². The quantitative estimate of drug-likeness (QED) is 0.686. The molecule has 0 spiro atoms. The first-order valence-corrected chi connectivity index (χ1v) is 7.22. The van der Waals surface area contributed by atoms with Gasteiger partial charge in [0.25, 0.3) is 0 Å². The van der Waals surface area contributed by atoms with Crippen molar-refractivity contribution in [3.05, 3.63) is 0 Å². The fourth-order valence-corrected chi connectivity index (χ4v) is 2.61. The third kappa shape index (κ3) is 6.39. The van der Waals surface area contributed by atoms with Crippen molar-refractivity contribution in [3.63, 3.8) is 0 Å². The summed E-state index contributed by atoms with van der Waals surface area (Å²) in [5.74, 6) is 1.78. The van der Waals surface area contributed by atoms with Crippen LogP contribution < -0.4 is 5.32 Å². The number of ether oxygens (including phenoxy) is 1. The first-order valence-electron chi connectivity index (χ1n) is 7.22. The van der Waals surface area contributed by atoms with Crippen molar-refractivity contribution in [3.8, 4) is 0 Å². The Morgan fingerprint density at radius 3 is 2.41 bits per heavy atom. The molecule has 102 valence electrons. The number of hydrogen-bond donors (Lipinski definition) is 2. The van der Waals surface area contributed by atoms with E-state index in [1.165, 1.54) is 32.1 Å². The number of rotatable bonds is 8. The molecule has 0 radical (unpaired) electrons. The maximum Gasteiger partial charge on any atom is 0.0897 e. The van der Waals surface area contributed by atoms with Crippen molar-refractivity contribution in [1.29, 1.82) is 0 Å². The summed E-state index contributed by atoms with van der Waals surface area (Å²) in [6.07, 6.45) is 6.48. The van der Waals surface area contributed by atoms with Crippen molar-refractivity contribution < 1.29 is 9.84 Å². The highest BCUT2D eigenvalue weighted by atomic mass is 16.5. The van der Waals surface area contributed by atoms with Crippen molar-refractivity contribution in [2.45, 2.75) is 52.1 Å². The van der Waals surface area contributed by atoms with E-state index in [9.17, 15) is 5.11 Å². The van der Waals surface area contributed by atoms with Gasteiger partial charge in [-0.3, -0.25) is 0 Å². The summed E-state index contributed by atoms with van der Waals surface area (Å²) in [6, 6.07) is 0. The Morgan fingerprint density at radius 1 is 1.18 bits per heavy atom. The summed E-state index contributed by atoms with van der Waals surface area (Å²) < 4.78 is 5.18. The lowest BCUT2D eigenvalue weighted by molar-refractivity contribution is 0.0421. The second kappa shape index (κ2) is 8.90. The average Bonchev–Trinajstić information content (AvgIpc) is 2.37. The number of aliphatic hydroxyl groups excluding tert-OH is 1. The second-order valence-corrected chi connectivity index (χ2v) is 5.27. The number of aliphatic hydroxyl groups is 1. The summed E-state index contributed by atoms with van der Waals surface area (Å²) in [7, 11) is 0. The minimum Gasteiger partial charge on any atom is -0.389 e. The van der Waals surface area contributed by atoms with Crippen molar-refractivity contribution in [1.82, 2.24) is 5.32 Å². The van der Waals surface area contributed by atoms with Gasteiger partial charge in [-0.05, 0) is 38.1 Å². The summed E-state index contributed by atoms with van der Waals surface area (Å²) in [6.45, 7) is 7.09. The average molecular weight is 243 g/mol. The maximum absolute atomic E-state index is 9.60. The Labute approximate surface area is 106 Å². The Bertz CT molecular complexity index is 179. The van der Waals surface area contributed by atoms with E-state index < -0.39 is 0 Å². The van der Waals surface area contributed by atoms with Gasteiger partial charge in [-0.2, -0.15) is 0 Å². The summed E-state index contributed by atoms with van der Waals surface area (Å²) >= 11 is 0. The first-order chi connectivity index (χ1) is 8.26. The van der Waals surface area contributed by atoms with Crippen molar-refractivity contribution >= 4 is 0 Å². The van der Waals surface area contributed by atoms with Gasteiger partial charge in [0.05, 0.1) is 12.7 Å². The van der Waals surface area contributed by atoms with Crippen LogP contribution in [0.15, 0.2) is 0 Å². The highest BCUT2D eigenvalue weighted by Gasteiger charge is 2.19. The monoisotopic (exact) mass is 243 g/mol. The van der Waals surface area contributed by atoms with Gasteiger partial charge in [-0.25, -0.2) is 0 Å². The highest BCUT2D eigenvalue weighted by molar-refractivity contribution is 4.73. The van der Waals surface area contributed by atoms with Gasteiger partial charge < -0.3 is 15.2 Å². The van der Waals surface area contributed by atoms with E-state index in [4.69, 9.17) is 4.74 Å². The molecule has 0 heterocycles. The molecule has 0 aromatic rings. The largest absolute Gasteiger partial charge is 0.389 e. The van der Waals surface area contributed by atoms with Crippen LogP contribution in [-0.2, 0) is 4.74 Å². The van der Waals surface area contributed by atoms with Crippen LogP contribution in [0.3, 0.4) is 0 Å². The van der Waals surface area contributed by atoms with Crippen LogP contribution in [0.1, 0.15) is 46.0 Å². The fraction of sp³-hybridized carbons (Fsp3) is 1.00. The summed E-state index contributed by atoms with van der Waals surface area (Å²) in [4.78, 5) is 0. The third-order valence-corrected chi connectivity index (χ3v) is 3.87. The Hall–Kier alpha value is -0.120. The standard InChI is InChI=1S/C14H29NO2/c1-3-12-5-7-13(8-6-12)9-15-10-14(16)11-17-4-2/h12-16H,3-11H2,1-2H3. The third-order valence-electron chi connectivity index (χ3n) is 3.87. The van der Waals surface area contributed by atoms with Gasteiger partial charge in [0, 0.05) is 13.2 Å². The molecule has 0 bridgehead atoms. The minimum atomic E-state index is -0.359. The zero-order valence-electron chi connectivity index (χ0n) is 11.5. The first kappa shape index (κ1) is 14.9. The predicted molar refractivity (Wildman–Crippen MR) is 71.1 cm³/mol. The molecule has 2 N–H and O–H groups in total. The molecule has 3 nitrogen and oxygen atoms in total. The molecule has 1 rings (SSSR count). The zero-order valence-corrected chi connectivity index (χ0v) is 11.5. The molecule has 3 heteroatoms. The lowest BCUT2D eigenvalue weighted by Gasteiger charge is -2.28. The minimum absolute atomic E-state index is 0.359. The molecule has 1 fully saturated rings. The normalized spacial score (nSPS) is 27.0. The molecule has 0 aromatic carbocycles. The van der Waals surface area contributed by atoms with Crippen LogP contribution >= 0.6 is 0 Å². The Kier molecular flexibility index (Phi) is 7.82. The molecule has 1 saturated carbocycles. The predicted octanol–water partition coefficient (Wildman–Crippen LogP) is 2.19. The van der Waals surface area contributed by atoms with Crippen LogP contribution in [0, 0.1) is 11.8 Å². The molecule has 17 heavy (non-hydrogen) atoms. The fourth-order valence-electron chi connectivity index (χ4n) is 2.61. The van der Waals surface area contributed by atoms with Crippen LogP contribution in [0.25, 0.3) is 0 Å². The van der Waals surface area contributed by atoms with Gasteiger partial charge >= 0.3 is 0 Å². The number of nitrogens with one attached hydrogen (secondary N) is 1. The van der Waals surface area contributed by atoms with Crippen LogP contribution in [0.2, 0.25) is 0 Å². The molecule has 1 aliphatic carbocycles. The molecule has 0 amide bonds. The Morgan fingerprint density at radius 2 is 1.82 bits per heavy atom. The summed E-state index contributed by atoms with van der Waals surface area (Å²) in [5, 5.41) is 13.0. The van der Waals surface area contributed by atoms with Gasteiger partial charge in [0.15, 0.2) is 0 Å². The smallest absolute Gasteiger partial charge is 0.0897 e. The van der Waals surface area contributed by atoms with E-state index >= 15 is 0 Å². The van der Waals surface area contributed by atoms with Gasteiger partial charge in [0.2, 0.25) is 0 Å². The zero-order chi connectivity index (χ0) is 12.5. The van der Waals surface area contributed by atoms with E-state index in [-0.39, 0.29) is 6.10 Å². The Balaban J connectivity index is 1.99. The van der Waals surface area contributed by atoms with Crippen LogP contribution in [0.5, 0.6) is 0 Å². The lowest BCUT2D eigenvalue weighted by Crippen LogP contribution is -2.34. The van der Waals surface area contributed by atoms with Crippen LogP contribution in [-0.4, -0.2) is 37.5 Å². The molecule has 0 aromatic heterocycles. The van der Waals surface area contributed by atoms with E-state index in [1.54, 1.807) is 0 Å². The molecule has 1 atom stereocenters. The molecule has 0 aliphatic heterocycles. The SMILES string of the molecule is CCOCC(O)CNCC1CCC(CC)CC1. The van der Waals surface area contributed by atoms with Gasteiger partial charge in [-0.1, -0.05) is 26.2 Å². The van der Waals surface area contributed by atoms with Crippen molar-refractivity contribution in [2.75, 3.05) is 26.3 Å². The molecular formula is C14H29NO2.